The summed E-state index contributed by atoms with van der Waals surface area (Å²) < 4.78 is 5.79. The van der Waals surface area contributed by atoms with Crippen molar-refractivity contribution in [3.8, 4) is 5.75 Å². The van der Waals surface area contributed by atoms with Gasteiger partial charge in [0.05, 0.1) is 11.8 Å². The highest BCUT2D eigenvalue weighted by Gasteiger charge is 2.20. The fourth-order valence-electron chi connectivity index (χ4n) is 2.75. The molecule has 1 saturated heterocycles. The van der Waals surface area contributed by atoms with Crippen molar-refractivity contribution in [2.75, 3.05) is 36.8 Å². The minimum atomic E-state index is 0.143. The monoisotopic (exact) mass is 291 g/mol. The maximum atomic E-state index is 6.00. The summed E-state index contributed by atoms with van der Waals surface area (Å²) in [4.78, 5) is 4.99. The van der Waals surface area contributed by atoms with Gasteiger partial charge in [0.25, 0.3) is 0 Å². The van der Waals surface area contributed by atoms with E-state index in [9.17, 15) is 0 Å². The number of rotatable bonds is 5. The first kappa shape index (κ1) is 16.0. The van der Waals surface area contributed by atoms with Crippen LogP contribution in [-0.2, 0) is 0 Å². The minimum absolute atomic E-state index is 0.143. The summed E-state index contributed by atoms with van der Waals surface area (Å²) >= 11 is 0. The Bertz CT molecular complexity index is 453. The van der Waals surface area contributed by atoms with Gasteiger partial charge >= 0.3 is 0 Å². The van der Waals surface area contributed by atoms with Crippen molar-refractivity contribution in [1.29, 1.82) is 0 Å². The molecule has 1 aromatic carbocycles. The molecule has 1 fully saturated rings. The maximum absolute atomic E-state index is 6.00. The highest BCUT2D eigenvalue weighted by Crippen LogP contribution is 2.29. The van der Waals surface area contributed by atoms with E-state index in [1.807, 2.05) is 19.9 Å². The molecule has 0 bridgehead atoms. The summed E-state index contributed by atoms with van der Waals surface area (Å²) in [6.45, 7) is 13.0. The SMILES string of the molecule is CCC(C)N1CCN(c2ccc(N)c(OC(C)C)c2)CC1. The molecule has 1 heterocycles. The Kier molecular flexibility index (Phi) is 5.34. The zero-order chi connectivity index (χ0) is 15.4. The largest absolute Gasteiger partial charge is 0.489 e. The van der Waals surface area contributed by atoms with Crippen molar-refractivity contribution < 1.29 is 4.74 Å². The van der Waals surface area contributed by atoms with E-state index >= 15 is 0 Å². The molecule has 2 N–H and O–H groups in total. The third kappa shape index (κ3) is 4.03. The quantitative estimate of drug-likeness (QED) is 0.847. The zero-order valence-corrected chi connectivity index (χ0v) is 13.8. The van der Waals surface area contributed by atoms with E-state index in [1.165, 1.54) is 12.1 Å². The molecule has 4 heteroatoms. The normalized spacial score (nSPS) is 18.0. The average Bonchev–Trinajstić information content (AvgIpc) is 2.48. The Morgan fingerprint density at radius 1 is 1.14 bits per heavy atom. The van der Waals surface area contributed by atoms with Gasteiger partial charge in [0, 0.05) is 44.0 Å². The van der Waals surface area contributed by atoms with Crippen LogP contribution in [0.5, 0.6) is 5.75 Å². The standard InChI is InChI=1S/C17H29N3O/c1-5-14(4)19-8-10-20(11-9-19)15-6-7-16(18)17(12-15)21-13(2)3/h6-7,12-14H,5,8-11,18H2,1-4H3. The first-order valence-electron chi connectivity index (χ1n) is 8.06. The van der Waals surface area contributed by atoms with Gasteiger partial charge in [-0.2, -0.15) is 0 Å². The summed E-state index contributed by atoms with van der Waals surface area (Å²) in [5.74, 6) is 0.798. The van der Waals surface area contributed by atoms with E-state index in [1.54, 1.807) is 0 Å². The number of benzene rings is 1. The van der Waals surface area contributed by atoms with E-state index in [0.29, 0.717) is 11.7 Å². The van der Waals surface area contributed by atoms with Crippen LogP contribution in [-0.4, -0.2) is 43.2 Å². The molecule has 0 aliphatic carbocycles. The van der Waals surface area contributed by atoms with E-state index < -0.39 is 0 Å². The predicted octanol–water partition coefficient (Wildman–Crippen LogP) is 2.98. The molecule has 0 aromatic heterocycles. The van der Waals surface area contributed by atoms with Crippen LogP contribution in [0.15, 0.2) is 18.2 Å². The third-order valence-electron chi connectivity index (χ3n) is 4.25. The molecule has 21 heavy (non-hydrogen) atoms. The summed E-state index contributed by atoms with van der Waals surface area (Å²) in [7, 11) is 0. The topological polar surface area (TPSA) is 41.7 Å². The second-order valence-electron chi connectivity index (χ2n) is 6.17. The zero-order valence-electron chi connectivity index (χ0n) is 13.8. The van der Waals surface area contributed by atoms with Crippen LogP contribution in [0.25, 0.3) is 0 Å². The van der Waals surface area contributed by atoms with E-state index in [0.717, 1.165) is 31.9 Å². The van der Waals surface area contributed by atoms with Crippen molar-refractivity contribution in [1.82, 2.24) is 4.90 Å². The van der Waals surface area contributed by atoms with Gasteiger partial charge in [0.2, 0.25) is 0 Å². The maximum Gasteiger partial charge on any atom is 0.144 e. The lowest BCUT2D eigenvalue weighted by Gasteiger charge is -2.39. The number of anilines is 2. The van der Waals surface area contributed by atoms with Crippen molar-refractivity contribution in [2.45, 2.75) is 46.3 Å². The van der Waals surface area contributed by atoms with Crippen LogP contribution in [0.3, 0.4) is 0 Å². The first-order chi connectivity index (χ1) is 10.0. The highest BCUT2D eigenvalue weighted by molar-refractivity contribution is 5.62. The highest BCUT2D eigenvalue weighted by atomic mass is 16.5. The fraction of sp³-hybridized carbons (Fsp3) is 0.647. The number of ether oxygens (including phenoxy) is 1. The number of nitrogens with zero attached hydrogens (tertiary/aromatic N) is 2. The molecule has 118 valence electrons. The van der Waals surface area contributed by atoms with Gasteiger partial charge in [-0.05, 0) is 39.3 Å². The molecule has 1 aromatic rings. The first-order valence-corrected chi connectivity index (χ1v) is 8.06. The van der Waals surface area contributed by atoms with Gasteiger partial charge < -0.3 is 15.4 Å². The Hall–Kier alpha value is -1.42. The van der Waals surface area contributed by atoms with Gasteiger partial charge in [0.15, 0.2) is 0 Å². The van der Waals surface area contributed by atoms with Crippen molar-refractivity contribution in [3.63, 3.8) is 0 Å². The van der Waals surface area contributed by atoms with Gasteiger partial charge in [-0.15, -0.1) is 0 Å². The summed E-state index contributed by atoms with van der Waals surface area (Å²) in [6, 6.07) is 6.81. The molecular formula is C17H29N3O. The van der Waals surface area contributed by atoms with E-state index in [4.69, 9.17) is 10.5 Å². The van der Waals surface area contributed by atoms with E-state index in [-0.39, 0.29) is 6.10 Å². The number of nitrogens with two attached hydrogens (primary N) is 1. The van der Waals surface area contributed by atoms with Crippen LogP contribution in [0.4, 0.5) is 11.4 Å². The smallest absolute Gasteiger partial charge is 0.144 e. The number of hydrogen-bond acceptors (Lipinski definition) is 4. The second kappa shape index (κ2) is 7.03. The summed E-state index contributed by atoms with van der Waals surface area (Å²) in [6.07, 6.45) is 1.36. The lowest BCUT2D eigenvalue weighted by Crippen LogP contribution is -2.49. The Morgan fingerprint density at radius 3 is 2.38 bits per heavy atom. The minimum Gasteiger partial charge on any atom is -0.489 e. The van der Waals surface area contributed by atoms with E-state index in [2.05, 4.69) is 35.8 Å². The second-order valence-corrected chi connectivity index (χ2v) is 6.17. The van der Waals surface area contributed by atoms with Crippen molar-refractivity contribution in [3.05, 3.63) is 18.2 Å². The molecule has 1 unspecified atom stereocenters. The van der Waals surface area contributed by atoms with Gasteiger partial charge in [-0.1, -0.05) is 6.92 Å². The summed E-state index contributed by atoms with van der Waals surface area (Å²) in [5, 5.41) is 0. The third-order valence-corrected chi connectivity index (χ3v) is 4.25. The molecule has 0 amide bonds. The van der Waals surface area contributed by atoms with Crippen LogP contribution in [0.2, 0.25) is 0 Å². The number of piperazine rings is 1. The molecular weight excluding hydrogens is 262 g/mol. The molecule has 1 aliphatic heterocycles. The molecule has 1 aliphatic rings. The Labute approximate surface area is 128 Å². The Morgan fingerprint density at radius 2 is 1.81 bits per heavy atom. The number of hydrogen-bond donors (Lipinski definition) is 1. The summed E-state index contributed by atoms with van der Waals surface area (Å²) in [5.41, 5.74) is 7.92. The lowest BCUT2D eigenvalue weighted by atomic mass is 10.1. The molecule has 4 nitrogen and oxygen atoms in total. The lowest BCUT2D eigenvalue weighted by molar-refractivity contribution is 0.192. The van der Waals surface area contributed by atoms with Gasteiger partial charge in [-0.3, -0.25) is 4.90 Å². The van der Waals surface area contributed by atoms with Crippen LogP contribution >= 0.6 is 0 Å². The molecule has 0 saturated carbocycles. The molecule has 1 atom stereocenters. The van der Waals surface area contributed by atoms with Crippen LogP contribution < -0.4 is 15.4 Å². The van der Waals surface area contributed by atoms with Crippen LogP contribution in [0.1, 0.15) is 34.1 Å². The average molecular weight is 291 g/mol. The predicted molar refractivity (Wildman–Crippen MR) is 90.2 cm³/mol. The van der Waals surface area contributed by atoms with Gasteiger partial charge in [0.1, 0.15) is 5.75 Å². The van der Waals surface area contributed by atoms with Crippen LogP contribution in [0, 0.1) is 0 Å². The molecule has 2 rings (SSSR count). The molecule has 0 radical (unpaired) electrons. The number of nitrogen functional groups attached to an aromatic ring is 1. The van der Waals surface area contributed by atoms with Crippen molar-refractivity contribution in [2.24, 2.45) is 0 Å². The fourth-order valence-corrected chi connectivity index (χ4v) is 2.75. The Balaban J connectivity index is 2.03. The van der Waals surface area contributed by atoms with Gasteiger partial charge in [-0.25, -0.2) is 0 Å². The molecule has 0 spiro atoms. The van der Waals surface area contributed by atoms with Crippen molar-refractivity contribution >= 4 is 11.4 Å².